The van der Waals surface area contributed by atoms with Crippen molar-refractivity contribution in [1.82, 2.24) is 4.98 Å². The number of nitrogens with zero attached hydrogens (tertiary/aromatic N) is 1. The summed E-state index contributed by atoms with van der Waals surface area (Å²) in [6.45, 7) is 3.38. The second-order valence-corrected chi connectivity index (χ2v) is 8.16. The summed E-state index contributed by atoms with van der Waals surface area (Å²) in [6.07, 6.45) is 0. The number of nitrogens with one attached hydrogen (secondary N) is 1. The Morgan fingerprint density at radius 2 is 1.85 bits per heavy atom. The van der Waals surface area contributed by atoms with Gasteiger partial charge in [-0.25, -0.2) is 9.78 Å². The van der Waals surface area contributed by atoms with E-state index < -0.39 is 11.6 Å². The Labute approximate surface area is 168 Å². The summed E-state index contributed by atoms with van der Waals surface area (Å²) in [5.74, 6) is -0.150. The Morgan fingerprint density at radius 3 is 2.52 bits per heavy atom. The lowest BCUT2D eigenvalue weighted by Crippen LogP contribution is -2.42. The molecule has 0 saturated heterocycles. The van der Waals surface area contributed by atoms with Gasteiger partial charge in [0.05, 0.1) is 22.9 Å². The first-order valence-electron chi connectivity index (χ1n) is 8.03. The molecule has 0 spiro atoms. The summed E-state index contributed by atoms with van der Waals surface area (Å²) in [7, 11) is 1.33. The van der Waals surface area contributed by atoms with Crippen LogP contribution in [0.3, 0.4) is 0 Å². The van der Waals surface area contributed by atoms with E-state index in [4.69, 9.17) is 9.47 Å². The van der Waals surface area contributed by atoms with Crippen LogP contribution in [0.1, 0.15) is 24.2 Å². The highest BCUT2D eigenvalue weighted by atomic mass is 79.9. The largest absolute Gasteiger partial charge is 0.478 e. The molecule has 3 aromatic rings. The Kier molecular flexibility index (Phi) is 5.48. The van der Waals surface area contributed by atoms with Crippen LogP contribution in [0.25, 0.3) is 10.2 Å². The topological polar surface area (TPSA) is 77.5 Å². The van der Waals surface area contributed by atoms with Crippen molar-refractivity contribution in [3.63, 3.8) is 0 Å². The first-order chi connectivity index (χ1) is 12.8. The number of hydrogen-bond donors (Lipinski definition) is 1. The smallest absolute Gasteiger partial charge is 0.337 e. The molecule has 0 unspecified atom stereocenters. The second-order valence-electron chi connectivity index (χ2n) is 6.21. The van der Waals surface area contributed by atoms with Crippen LogP contribution < -0.4 is 10.1 Å². The van der Waals surface area contributed by atoms with Gasteiger partial charge in [0, 0.05) is 4.47 Å². The molecule has 8 heteroatoms. The minimum absolute atomic E-state index is 0.322. The van der Waals surface area contributed by atoms with Crippen molar-refractivity contribution in [3.8, 4) is 5.75 Å². The molecule has 0 radical (unpaired) electrons. The van der Waals surface area contributed by atoms with E-state index in [2.05, 4.69) is 26.2 Å². The first kappa shape index (κ1) is 19.3. The number of rotatable bonds is 5. The lowest BCUT2D eigenvalue weighted by molar-refractivity contribution is -0.128. The number of aromatic nitrogens is 1. The quantitative estimate of drug-likeness (QED) is 0.575. The molecule has 0 aliphatic heterocycles. The van der Waals surface area contributed by atoms with E-state index in [0.717, 1.165) is 9.17 Å². The van der Waals surface area contributed by atoms with Crippen molar-refractivity contribution < 1.29 is 19.1 Å². The lowest BCUT2D eigenvalue weighted by atomic mass is 10.1. The molecule has 3 rings (SSSR count). The lowest BCUT2D eigenvalue weighted by Gasteiger charge is -2.24. The van der Waals surface area contributed by atoms with Gasteiger partial charge in [0.2, 0.25) is 0 Å². The Balaban J connectivity index is 1.76. The molecule has 1 aromatic heterocycles. The third-order valence-corrected chi connectivity index (χ3v) is 5.23. The van der Waals surface area contributed by atoms with Gasteiger partial charge in [0.25, 0.3) is 5.91 Å². The fraction of sp³-hybridized carbons (Fsp3) is 0.211. The molecule has 0 aliphatic carbocycles. The van der Waals surface area contributed by atoms with Crippen molar-refractivity contribution in [3.05, 3.63) is 52.5 Å². The molecule has 1 N–H and O–H groups in total. The van der Waals surface area contributed by atoms with E-state index >= 15 is 0 Å². The summed E-state index contributed by atoms with van der Waals surface area (Å²) < 4.78 is 12.2. The van der Waals surface area contributed by atoms with Crippen molar-refractivity contribution >= 4 is 54.5 Å². The highest BCUT2D eigenvalue weighted by Gasteiger charge is 2.30. The average molecular weight is 449 g/mol. The maximum atomic E-state index is 12.7. The number of benzene rings is 2. The maximum absolute atomic E-state index is 12.7. The van der Waals surface area contributed by atoms with Crippen LogP contribution in [0, 0.1) is 0 Å². The molecule has 2 aromatic carbocycles. The van der Waals surface area contributed by atoms with Gasteiger partial charge >= 0.3 is 5.97 Å². The summed E-state index contributed by atoms with van der Waals surface area (Å²) in [4.78, 5) is 28.7. The zero-order chi connectivity index (χ0) is 19.6. The van der Waals surface area contributed by atoms with Crippen LogP contribution in [0.15, 0.2) is 46.9 Å². The summed E-state index contributed by atoms with van der Waals surface area (Å²) in [5, 5.41) is 3.22. The molecule has 0 bridgehead atoms. The van der Waals surface area contributed by atoms with Crippen LogP contribution in [0.4, 0.5) is 5.13 Å². The molecule has 140 valence electrons. The predicted octanol–water partition coefficient (Wildman–Crippen LogP) is 4.64. The van der Waals surface area contributed by atoms with Gasteiger partial charge in [0.1, 0.15) is 5.75 Å². The number of fused-ring (bicyclic) bond motifs is 1. The maximum Gasteiger partial charge on any atom is 0.337 e. The third kappa shape index (κ3) is 4.45. The van der Waals surface area contributed by atoms with Crippen LogP contribution in [-0.4, -0.2) is 29.6 Å². The molecule has 6 nitrogen and oxygen atoms in total. The van der Waals surface area contributed by atoms with E-state index in [1.165, 1.54) is 18.4 Å². The highest BCUT2D eigenvalue weighted by Crippen LogP contribution is 2.28. The fourth-order valence-electron chi connectivity index (χ4n) is 2.31. The number of anilines is 1. The minimum atomic E-state index is -1.09. The average Bonchev–Trinajstić information content (AvgIpc) is 3.04. The third-order valence-electron chi connectivity index (χ3n) is 3.76. The summed E-state index contributed by atoms with van der Waals surface area (Å²) in [5.41, 5.74) is 0.0306. The predicted molar refractivity (Wildman–Crippen MR) is 108 cm³/mol. The van der Waals surface area contributed by atoms with E-state index in [1.807, 2.05) is 12.1 Å². The molecule has 1 heterocycles. The Bertz CT molecular complexity index is 999. The molecule has 0 aliphatic rings. The van der Waals surface area contributed by atoms with E-state index in [0.29, 0.717) is 22.0 Å². The van der Waals surface area contributed by atoms with Gasteiger partial charge in [-0.1, -0.05) is 27.3 Å². The van der Waals surface area contributed by atoms with Gasteiger partial charge < -0.3 is 9.47 Å². The van der Waals surface area contributed by atoms with Crippen LogP contribution >= 0.6 is 27.3 Å². The highest BCUT2D eigenvalue weighted by molar-refractivity contribution is 9.10. The number of esters is 1. The van der Waals surface area contributed by atoms with Crippen molar-refractivity contribution in [1.29, 1.82) is 0 Å². The van der Waals surface area contributed by atoms with Crippen LogP contribution in [0.5, 0.6) is 5.75 Å². The van der Waals surface area contributed by atoms with Gasteiger partial charge in [-0.15, -0.1) is 0 Å². The number of carbonyl (C=O) groups excluding carboxylic acids is 2. The first-order valence-corrected chi connectivity index (χ1v) is 9.64. The SMILES string of the molecule is COC(=O)c1ccc2nc(NC(=O)C(C)(C)Oc3ccc(Br)cc3)sc2c1. The molecular formula is C19H17BrN2O4S. The number of hydrogen-bond acceptors (Lipinski definition) is 6. The monoisotopic (exact) mass is 448 g/mol. The van der Waals surface area contributed by atoms with Gasteiger partial charge in [-0.05, 0) is 56.3 Å². The number of methoxy groups -OCH3 is 1. The zero-order valence-electron chi connectivity index (χ0n) is 14.9. The number of amides is 1. The molecule has 0 saturated carbocycles. The number of thiazole rings is 1. The van der Waals surface area contributed by atoms with Crippen molar-refractivity contribution in [2.45, 2.75) is 19.4 Å². The Morgan fingerprint density at radius 1 is 1.15 bits per heavy atom. The van der Waals surface area contributed by atoms with E-state index in [9.17, 15) is 9.59 Å². The second kappa shape index (κ2) is 7.66. The fourth-order valence-corrected chi connectivity index (χ4v) is 3.48. The van der Waals surface area contributed by atoms with E-state index in [1.54, 1.807) is 44.2 Å². The zero-order valence-corrected chi connectivity index (χ0v) is 17.3. The van der Waals surface area contributed by atoms with Crippen LogP contribution in [-0.2, 0) is 9.53 Å². The summed E-state index contributed by atoms with van der Waals surface area (Å²) in [6, 6.07) is 12.3. The molecule has 27 heavy (non-hydrogen) atoms. The van der Waals surface area contributed by atoms with Gasteiger partial charge in [0.15, 0.2) is 10.7 Å². The standard InChI is InChI=1S/C19H17BrN2O4S/c1-19(2,26-13-7-5-12(20)6-8-13)17(24)22-18-21-14-9-4-11(16(23)25-3)10-15(14)27-18/h4-10H,1-3H3,(H,21,22,24). The van der Waals surface area contributed by atoms with Crippen molar-refractivity contribution in [2.24, 2.45) is 0 Å². The Hall–Kier alpha value is -2.45. The minimum Gasteiger partial charge on any atom is -0.478 e. The van der Waals surface area contributed by atoms with Crippen LogP contribution in [0.2, 0.25) is 0 Å². The molecule has 1 amide bonds. The van der Waals surface area contributed by atoms with E-state index in [-0.39, 0.29) is 5.91 Å². The number of carbonyl (C=O) groups is 2. The van der Waals surface area contributed by atoms with Gasteiger partial charge in [-0.2, -0.15) is 0 Å². The normalized spacial score (nSPS) is 11.3. The summed E-state index contributed by atoms with van der Waals surface area (Å²) >= 11 is 4.64. The molecular weight excluding hydrogens is 432 g/mol. The number of ether oxygens (including phenoxy) is 2. The molecule has 0 fully saturated rings. The molecule has 0 atom stereocenters. The number of halogens is 1. The van der Waals surface area contributed by atoms with Gasteiger partial charge in [-0.3, -0.25) is 10.1 Å². The van der Waals surface area contributed by atoms with Crippen molar-refractivity contribution in [2.75, 3.05) is 12.4 Å².